The van der Waals surface area contributed by atoms with Crippen molar-refractivity contribution >= 4 is 23.9 Å². The molecule has 0 heterocycles. The summed E-state index contributed by atoms with van der Waals surface area (Å²) in [4.78, 5) is 48.6. The van der Waals surface area contributed by atoms with E-state index in [1.165, 1.54) is 6.92 Å². The fourth-order valence-electron chi connectivity index (χ4n) is 3.84. The summed E-state index contributed by atoms with van der Waals surface area (Å²) in [5.41, 5.74) is 4.04. The number of hydrogen-bond acceptors (Lipinski definition) is 7. The van der Waals surface area contributed by atoms with Gasteiger partial charge in [-0.3, -0.25) is 10.1 Å². The van der Waals surface area contributed by atoms with Crippen molar-refractivity contribution in [1.29, 1.82) is 0 Å². The lowest BCUT2D eigenvalue weighted by Gasteiger charge is -2.22. The molecule has 0 saturated heterocycles. The molecule has 3 unspecified atom stereocenters. The SMILES string of the molecule is CCOC(=O)C(NC(=O)OCC1c2ccccc2-c2ccccc21)C(=O)NC(C(=O)O)C(C)O. The third-order valence-electron chi connectivity index (χ3n) is 5.44. The molecule has 3 rings (SSSR count). The van der Waals surface area contributed by atoms with Crippen molar-refractivity contribution in [2.24, 2.45) is 0 Å². The topological polar surface area (TPSA) is 151 Å². The second kappa shape index (κ2) is 10.8. The zero-order chi connectivity index (χ0) is 24.8. The summed E-state index contributed by atoms with van der Waals surface area (Å²) in [6.45, 7) is 2.55. The molecule has 0 saturated carbocycles. The number of aliphatic carboxylic acids is 1. The first kappa shape index (κ1) is 24.7. The molecule has 2 aromatic carbocycles. The zero-order valence-corrected chi connectivity index (χ0v) is 18.7. The van der Waals surface area contributed by atoms with E-state index in [0.717, 1.165) is 29.2 Å². The second-order valence-corrected chi connectivity index (χ2v) is 7.72. The van der Waals surface area contributed by atoms with E-state index < -0.39 is 42.1 Å². The maximum Gasteiger partial charge on any atom is 0.408 e. The third kappa shape index (κ3) is 5.34. The van der Waals surface area contributed by atoms with Gasteiger partial charge in [-0.05, 0) is 36.1 Å². The van der Waals surface area contributed by atoms with Gasteiger partial charge < -0.3 is 25.0 Å². The summed E-state index contributed by atoms with van der Waals surface area (Å²) < 4.78 is 10.2. The van der Waals surface area contributed by atoms with Crippen LogP contribution in [0.1, 0.15) is 30.9 Å². The van der Waals surface area contributed by atoms with Crippen molar-refractivity contribution in [2.75, 3.05) is 13.2 Å². The molecule has 0 radical (unpaired) electrons. The van der Waals surface area contributed by atoms with Crippen molar-refractivity contribution in [3.05, 3.63) is 59.7 Å². The molecule has 1 aliphatic rings. The number of aliphatic hydroxyl groups excluding tert-OH is 1. The van der Waals surface area contributed by atoms with Crippen molar-refractivity contribution in [3.63, 3.8) is 0 Å². The van der Waals surface area contributed by atoms with E-state index in [4.69, 9.17) is 14.6 Å². The first-order valence-corrected chi connectivity index (χ1v) is 10.7. The van der Waals surface area contributed by atoms with Crippen LogP contribution < -0.4 is 10.6 Å². The van der Waals surface area contributed by atoms with Crippen LogP contribution in [0.2, 0.25) is 0 Å². The Labute approximate surface area is 195 Å². The Bertz CT molecular complexity index is 1040. The molecule has 0 aliphatic heterocycles. The molecule has 2 aromatic rings. The molecule has 0 bridgehead atoms. The highest BCUT2D eigenvalue weighted by molar-refractivity contribution is 6.05. The van der Waals surface area contributed by atoms with Gasteiger partial charge in [0.1, 0.15) is 6.61 Å². The predicted octanol–water partition coefficient (Wildman–Crippen LogP) is 1.41. The highest BCUT2D eigenvalue weighted by atomic mass is 16.6. The number of ether oxygens (including phenoxy) is 2. The van der Waals surface area contributed by atoms with E-state index in [1.54, 1.807) is 0 Å². The highest BCUT2D eigenvalue weighted by Crippen LogP contribution is 2.44. The molecule has 34 heavy (non-hydrogen) atoms. The minimum Gasteiger partial charge on any atom is -0.480 e. The van der Waals surface area contributed by atoms with Crippen LogP contribution >= 0.6 is 0 Å². The number of carbonyl (C=O) groups is 4. The minimum absolute atomic E-state index is 0.0531. The standard InChI is InChI=1S/C24H26N2O8/c1-3-33-23(31)20(21(28)25-19(13(2)27)22(29)30)26-24(32)34-12-18-16-10-6-4-8-14(16)15-9-5-7-11-17(15)18/h4-11,13,18-20,27H,3,12H2,1-2H3,(H,25,28)(H,26,32)(H,29,30). The molecule has 10 heteroatoms. The molecule has 2 amide bonds. The maximum atomic E-state index is 12.5. The van der Waals surface area contributed by atoms with Crippen LogP contribution in [0, 0.1) is 0 Å². The van der Waals surface area contributed by atoms with E-state index in [0.29, 0.717) is 0 Å². The van der Waals surface area contributed by atoms with Gasteiger partial charge in [-0.1, -0.05) is 48.5 Å². The quantitative estimate of drug-likeness (QED) is 0.317. The molecule has 0 spiro atoms. The first-order chi connectivity index (χ1) is 16.2. The van der Waals surface area contributed by atoms with Gasteiger partial charge in [0.2, 0.25) is 6.04 Å². The van der Waals surface area contributed by atoms with E-state index in [-0.39, 0.29) is 19.1 Å². The zero-order valence-electron chi connectivity index (χ0n) is 18.7. The number of hydrogen-bond donors (Lipinski definition) is 4. The number of alkyl carbamates (subject to hydrolysis) is 1. The van der Waals surface area contributed by atoms with Crippen LogP contribution in [0.25, 0.3) is 11.1 Å². The number of nitrogens with one attached hydrogen (secondary N) is 2. The van der Waals surface area contributed by atoms with Crippen molar-refractivity contribution in [3.8, 4) is 11.1 Å². The lowest BCUT2D eigenvalue weighted by molar-refractivity contribution is -0.152. The van der Waals surface area contributed by atoms with E-state index in [1.807, 2.05) is 53.8 Å². The number of carbonyl (C=O) groups excluding carboxylic acids is 3. The molecular weight excluding hydrogens is 444 g/mol. The first-order valence-electron chi connectivity index (χ1n) is 10.7. The number of carboxylic acid groups (broad SMARTS) is 1. The number of carboxylic acids is 1. The molecule has 4 N–H and O–H groups in total. The fraction of sp³-hybridized carbons (Fsp3) is 0.333. The summed E-state index contributed by atoms with van der Waals surface area (Å²) in [5, 5.41) is 22.9. The smallest absolute Gasteiger partial charge is 0.408 e. The molecule has 10 nitrogen and oxygen atoms in total. The van der Waals surface area contributed by atoms with Crippen LogP contribution in [0.3, 0.4) is 0 Å². The van der Waals surface area contributed by atoms with Gasteiger partial charge in [0.25, 0.3) is 5.91 Å². The van der Waals surface area contributed by atoms with Crippen molar-refractivity contribution in [1.82, 2.24) is 10.6 Å². The summed E-state index contributed by atoms with van der Waals surface area (Å²) in [6.07, 6.45) is -2.50. The molecule has 1 aliphatic carbocycles. The number of aliphatic hydroxyl groups is 1. The normalized spacial score (nSPS) is 14.7. The Balaban J connectivity index is 1.71. The Morgan fingerprint density at radius 2 is 1.50 bits per heavy atom. The fourth-order valence-corrected chi connectivity index (χ4v) is 3.84. The summed E-state index contributed by atoms with van der Waals surface area (Å²) in [6, 6.07) is 11.9. The molecule has 0 aromatic heterocycles. The Morgan fingerprint density at radius 1 is 0.941 bits per heavy atom. The Hall–Kier alpha value is -3.92. The van der Waals surface area contributed by atoms with Crippen LogP contribution in [-0.4, -0.2) is 65.6 Å². The van der Waals surface area contributed by atoms with E-state index in [9.17, 15) is 24.3 Å². The summed E-state index contributed by atoms with van der Waals surface area (Å²) in [5.74, 6) is -3.99. The maximum absolute atomic E-state index is 12.5. The van der Waals surface area contributed by atoms with Gasteiger partial charge >= 0.3 is 18.0 Å². The number of fused-ring (bicyclic) bond motifs is 3. The summed E-state index contributed by atoms with van der Waals surface area (Å²) in [7, 11) is 0. The van der Waals surface area contributed by atoms with Gasteiger partial charge in [0.15, 0.2) is 6.04 Å². The predicted molar refractivity (Wildman–Crippen MR) is 120 cm³/mol. The van der Waals surface area contributed by atoms with Gasteiger partial charge in [-0.15, -0.1) is 0 Å². The van der Waals surface area contributed by atoms with Crippen molar-refractivity contribution in [2.45, 2.75) is 38.0 Å². The number of rotatable bonds is 9. The van der Waals surface area contributed by atoms with Gasteiger partial charge in [-0.2, -0.15) is 0 Å². The van der Waals surface area contributed by atoms with E-state index >= 15 is 0 Å². The van der Waals surface area contributed by atoms with Crippen molar-refractivity contribution < 1.29 is 38.9 Å². The molecule has 3 atom stereocenters. The molecule has 180 valence electrons. The lowest BCUT2D eigenvalue weighted by Crippen LogP contribution is -2.57. The van der Waals surface area contributed by atoms with Crippen LogP contribution in [0.4, 0.5) is 4.79 Å². The largest absolute Gasteiger partial charge is 0.480 e. The van der Waals surface area contributed by atoms with Gasteiger partial charge in [-0.25, -0.2) is 14.4 Å². The van der Waals surface area contributed by atoms with E-state index in [2.05, 4.69) is 5.32 Å². The minimum atomic E-state index is -1.86. The number of benzene rings is 2. The second-order valence-electron chi connectivity index (χ2n) is 7.72. The van der Waals surface area contributed by atoms with Crippen LogP contribution in [0.5, 0.6) is 0 Å². The molecule has 0 fully saturated rings. The highest BCUT2D eigenvalue weighted by Gasteiger charge is 2.35. The van der Waals surface area contributed by atoms with Crippen LogP contribution in [-0.2, 0) is 23.9 Å². The van der Waals surface area contributed by atoms with Gasteiger partial charge in [0, 0.05) is 5.92 Å². The average Bonchev–Trinajstić information content (AvgIpc) is 3.13. The van der Waals surface area contributed by atoms with Crippen LogP contribution in [0.15, 0.2) is 48.5 Å². The summed E-state index contributed by atoms with van der Waals surface area (Å²) >= 11 is 0. The average molecular weight is 470 g/mol. The Morgan fingerprint density at radius 3 is 2.00 bits per heavy atom. The molecular formula is C24H26N2O8. The lowest BCUT2D eigenvalue weighted by atomic mass is 9.98. The number of amides is 2. The monoisotopic (exact) mass is 470 g/mol. The third-order valence-corrected chi connectivity index (χ3v) is 5.44. The number of esters is 1. The Kier molecular flexibility index (Phi) is 7.85. The van der Waals surface area contributed by atoms with Gasteiger partial charge in [0.05, 0.1) is 12.7 Å².